The summed E-state index contributed by atoms with van der Waals surface area (Å²) < 4.78 is 0. The largest absolute Gasteiger partial charge is 1.00 e. The minimum absolute atomic E-state index is 0. The summed E-state index contributed by atoms with van der Waals surface area (Å²) in [4.78, 5) is 0. The van der Waals surface area contributed by atoms with Crippen molar-refractivity contribution in [2.45, 2.75) is 77.6 Å². The molecule has 6 heteroatoms. The molecular formula is C72H68Cl2Si2Zr2-2. The molecule has 0 spiro atoms. The molecule has 2 fully saturated rings. The van der Waals surface area contributed by atoms with Crippen LogP contribution in [0, 0.1) is 13.8 Å². The Labute approximate surface area is 507 Å². The average Bonchev–Trinajstić information content (AvgIpc) is 4.35. The van der Waals surface area contributed by atoms with E-state index in [0.29, 0.717) is 0 Å². The first-order chi connectivity index (χ1) is 37.0. The molecule has 2 aliphatic carbocycles. The van der Waals surface area contributed by atoms with E-state index >= 15 is 0 Å². The standard InChI is InChI=1S/2C18H15.2C16H13.2C2H6Si.2ClH.2Zr/c2*1-2-5-14(6-3-1)17-8-4-7-15-11-16(12-18(15)17)13-9-10-13;2*1-12-10-14-8-5-9-15(16(14)11-12)13-6-3-2-4-7-13;2*1-3-2;;;;/h2*1-8,11-13H,9-10H2;2*2-11H,1H3;2*1-2H3;2*1H;;/q4*-1;;;;;2*+2/p-2. The maximum atomic E-state index is 2.40. The fraction of sp³-hybridized carbons (Fsp3) is 0.167. The average molecular weight is 1240 g/mol. The predicted molar refractivity (Wildman–Crippen MR) is 328 cm³/mol. The van der Waals surface area contributed by atoms with Crippen LogP contribution >= 0.6 is 0 Å². The summed E-state index contributed by atoms with van der Waals surface area (Å²) in [7, 11) is 0. The van der Waals surface area contributed by atoms with E-state index < -0.39 is 0 Å². The van der Waals surface area contributed by atoms with Gasteiger partial charge in [-0.1, -0.05) is 182 Å². The van der Waals surface area contributed by atoms with Crippen molar-refractivity contribution in [3.8, 4) is 44.5 Å². The summed E-state index contributed by atoms with van der Waals surface area (Å²) in [5.41, 5.74) is 16.7. The minimum Gasteiger partial charge on any atom is -1.00 e. The number of hydrogen-bond acceptors (Lipinski definition) is 0. The zero-order chi connectivity index (χ0) is 53.0. The van der Waals surface area contributed by atoms with E-state index in [9.17, 15) is 0 Å². The van der Waals surface area contributed by atoms with Crippen LogP contribution in [0.4, 0.5) is 0 Å². The molecule has 0 atom stereocenters. The van der Waals surface area contributed by atoms with Crippen molar-refractivity contribution in [3.05, 3.63) is 265 Å². The monoisotopic (exact) mass is 1240 g/mol. The second kappa shape index (κ2) is 29.4. The molecule has 2 saturated carbocycles. The Morgan fingerprint density at radius 2 is 0.551 bits per heavy atom. The van der Waals surface area contributed by atoms with Gasteiger partial charge in [-0.2, -0.15) is 24.3 Å². The predicted octanol–water partition coefficient (Wildman–Crippen LogP) is 14.9. The molecule has 12 aromatic carbocycles. The Hall–Kier alpha value is -5.02. The third-order valence-electron chi connectivity index (χ3n) is 13.8. The molecule has 0 heterocycles. The zero-order valence-electron chi connectivity index (χ0n) is 45.8. The van der Waals surface area contributed by atoms with E-state index in [4.69, 9.17) is 0 Å². The molecule has 0 amide bonds. The summed E-state index contributed by atoms with van der Waals surface area (Å²) in [6, 6.07) is 87.3. The number of halogens is 2. The van der Waals surface area contributed by atoms with E-state index in [0.717, 1.165) is 11.8 Å². The van der Waals surface area contributed by atoms with Crippen molar-refractivity contribution in [3.63, 3.8) is 0 Å². The van der Waals surface area contributed by atoms with Gasteiger partial charge in [0.2, 0.25) is 0 Å². The van der Waals surface area contributed by atoms with Crippen LogP contribution in [-0.2, 0) is 46.7 Å². The van der Waals surface area contributed by atoms with Gasteiger partial charge >= 0.3 is 83.7 Å². The van der Waals surface area contributed by atoms with Crippen LogP contribution in [-0.4, -0.2) is 10.9 Å². The van der Waals surface area contributed by atoms with Gasteiger partial charge in [-0.15, -0.1) is 138 Å². The van der Waals surface area contributed by atoms with Crippen molar-refractivity contribution in [2.75, 3.05) is 0 Å². The van der Waals surface area contributed by atoms with Gasteiger partial charge in [0.1, 0.15) is 0 Å². The molecule has 0 unspecified atom stereocenters. The molecule has 2 aliphatic rings. The molecule has 0 aromatic heterocycles. The molecule has 0 radical (unpaired) electrons. The van der Waals surface area contributed by atoms with Crippen LogP contribution in [0.15, 0.2) is 243 Å². The van der Waals surface area contributed by atoms with Crippen LogP contribution in [0.5, 0.6) is 0 Å². The first-order valence-electron chi connectivity index (χ1n) is 26.9. The number of aryl methyl sites for hydroxylation is 2. The number of hydrogen-bond donors (Lipinski definition) is 0. The van der Waals surface area contributed by atoms with Crippen LogP contribution in [0.2, 0.25) is 26.2 Å². The van der Waals surface area contributed by atoms with E-state index in [1.54, 1.807) is 46.7 Å². The molecule has 78 heavy (non-hydrogen) atoms. The molecule has 388 valence electrons. The molecule has 0 bridgehead atoms. The van der Waals surface area contributed by atoms with Crippen LogP contribution in [0.1, 0.15) is 59.8 Å². The third kappa shape index (κ3) is 16.5. The van der Waals surface area contributed by atoms with Gasteiger partial charge in [0.05, 0.1) is 0 Å². The van der Waals surface area contributed by atoms with Crippen molar-refractivity contribution >= 4 is 54.0 Å². The van der Waals surface area contributed by atoms with Gasteiger partial charge in [0, 0.05) is 0 Å². The topological polar surface area (TPSA) is 0 Å². The van der Waals surface area contributed by atoms with Gasteiger partial charge in [-0.05, 0) is 59.8 Å². The molecule has 0 nitrogen and oxygen atoms in total. The molecule has 0 aliphatic heterocycles. The van der Waals surface area contributed by atoms with Gasteiger partial charge in [-0.25, -0.2) is 0 Å². The summed E-state index contributed by atoms with van der Waals surface area (Å²) in [6.45, 7) is 13.5. The van der Waals surface area contributed by atoms with Crippen molar-refractivity contribution in [2.24, 2.45) is 0 Å². The van der Waals surface area contributed by atoms with Gasteiger partial charge < -0.3 is 24.8 Å². The Kier molecular flexibility index (Phi) is 22.9. The first kappa shape index (κ1) is 60.6. The maximum Gasteiger partial charge on any atom is -0.0279 e. The molecule has 0 N–H and O–H groups in total. The van der Waals surface area contributed by atoms with Crippen LogP contribution in [0.3, 0.4) is 0 Å². The Balaban J connectivity index is 0.000000143. The minimum atomic E-state index is 0. The van der Waals surface area contributed by atoms with Crippen molar-refractivity contribution < 1.29 is 71.5 Å². The molecular weight excluding hydrogens is 1170 g/mol. The first-order valence-corrected chi connectivity index (χ1v) is 39.3. The van der Waals surface area contributed by atoms with Gasteiger partial charge in [0.25, 0.3) is 0 Å². The summed E-state index contributed by atoms with van der Waals surface area (Å²) in [5, 5.41) is 11.0. The smallest absolute Gasteiger partial charge is 0.0279 e. The third-order valence-corrected chi connectivity index (χ3v) is 13.8. The van der Waals surface area contributed by atoms with E-state index in [1.807, 2.05) is 0 Å². The Morgan fingerprint density at radius 3 is 0.795 bits per heavy atom. The molecule has 14 rings (SSSR count). The normalized spacial score (nSPS) is 12.1. The van der Waals surface area contributed by atoms with Crippen molar-refractivity contribution in [1.29, 1.82) is 0 Å². The Morgan fingerprint density at radius 1 is 0.321 bits per heavy atom. The summed E-state index contributed by atoms with van der Waals surface area (Å²) >= 11 is 3.48. The number of rotatable bonds is 6. The van der Waals surface area contributed by atoms with Gasteiger partial charge in [-0.3, -0.25) is 0 Å². The second-order valence-corrected chi connectivity index (χ2v) is 39.6. The number of fused-ring (bicyclic) bond motifs is 4. The zero-order valence-corrected chi connectivity index (χ0v) is 54.3. The van der Waals surface area contributed by atoms with E-state index in [1.165, 1.54) is 136 Å². The van der Waals surface area contributed by atoms with E-state index in [-0.39, 0.29) is 35.7 Å². The molecule has 12 aromatic rings. The van der Waals surface area contributed by atoms with Crippen LogP contribution in [0.25, 0.3) is 87.6 Å². The number of benzene rings is 8. The van der Waals surface area contributed by atoms with Crippen LogP contribution < -0.4 is 24.8 Å². The van der Waals surface area contributed by atoms with E-state index in [2.05, 4.69) is 283 Å². The summed E-state index contributed by atoms with van der Waals surface area (Å²) in [6.07, 6.45) is 5.49. The quantitative estimate of drug-likeness (QED) is 0.115. The molecule has 0 saturated heterocycles. The summed E-state index contributed by atoms with van der Waals surface area (Å²) in [5.74, 6) is 1.67. The fourth-order valence-electron chi connectivity index (χ4n) is 10.1. The van der Waals surface area contributed by atoms with Gasteiger partial charge in [0.15, 0.2) is 0 Å². The maximum absolute atomic E-state index is 2.40. The fourth-order valence-corrected chi connectivity index (χ4v) is 10.1. The van der Waals surface area contributed by atoms with Crippen molar-refractivity contribution in [1.82, 2.24) is 0 Å². The SMILES string of the molecule is C[Si](C)=[Zr+2].C[Si](C)=[Zr+2].Cc1cc2c(-c3ccccc3)cccc2[cH-]1.Cc1cc2c(-c3ccccc3)cccc2[cH-]1.[Cl-].[Cl-].c1ccc(-c2cccc3[cH-]c(C4CC4)cc23)cc1.c1ccc(-c2cccc3[cH-]c(C4CC4)cc23)cc1. The second-order valence-electron chi connectivity index (χ2n) is 20.9. The Bertz CT molecular complexity index is 3560.